The molecule has 8 heteroatoms. The van der Waals surface area contributed by atoms with Crippen molar-refractivity contribution in [2.24, 2.45) is 10.2 Å². The van der Waals surface area contributed by atoms with Crippen LogP contribution in [0.25, 0.3) is 10.9 Å². The Morgan fingerprint density at radius 3 is 2.80 bits per heavy atom. The van der Waals surface area contributed by atoms with Crippen molar-refractivity contribution in [1.29, 1.82) is 0 Å². The van der Waals surface area contributed by atoms with Gasteiger partial charge >= 0.3 is 0 Å². The van der Waals surface area contributed by atoms with Crippen LogP contribution in [0.4, 0.5) is 11.6 Å². The minimum absolute atomic E-state index is 0.0921. The third kappa shape index (κ3) is 2.03. The Morgan fingerprint density at radius 1 is 1.25 bits per heavy atom. The highest BCUT2D eigenvalue weighted by Crippen LogP contribution is 2.30. The normalized spacial score (nSPS) is 11.4. The standard InChI is InChI=1S/C12H10N6O2/c1-6-13-12(17-15-6)18-16-9-10(19)7-4-2-3-5-8(7)14-11(9)20/h2-5H,1H3,(H,13,15,17)(H2,14,19,20). The van der Waals surface area contributed by atoms with Gasteiger partial charge in [0.2, 0.25) is 0 Å². The Kier molecular flexibility index (Phi) is 2.75. The number of aromatic nitrogens is 4. The first kappa shape index (κ1) is 12.0. The van der Waals surface area contributed by atoms with Crippen molar-refractivity contribution in [1.82, 2.24) is 20.2 Å². The van der Waals surface area contributed by atoms with Gasteiger partial charge in [0.05, 0.1) is 5.52 Å². The van der Waals surface area contributed by atoms with Crippen molar-refractivity contribution in [3.8, 4) is 5.75 Å². The molecular weight excluding hydrogens is 260 g/mol. The second-order valence-electron chi connectivity index (χ2n) is 4.12. The van der Waals surface area contributed by atoms with Crippen LogP contribution < -0.4 is 5.56 Å². The van der Waals surface area contributed by atoms with E-state index < -0.39 is 5.56 Å². The average Bonchev–Trinajstić information content (AvgIpc) is 2.84. The monoisotopic (exact) mass is 270 g/mol. The summed E-state index contributed by atoms with van der Waals surface area (Å²) in [5.74, 6) is 0.449. The number of rotatable bonds is 2. The van der Waals surface area contributed by atoms with Crippen LogP contribution in [-0.2, 0) is 0 Å². The van der Waals surface area contributed by atoms with Crippen LogP contribution in [0.5, 0.6) is 5.75 Å². The van der Waals surface area contributed by atoms with E-state index in [-0.39, 0.29) is 17.4 Å². The van der Waals surface area contributed by atoms with Crippen LogP contribution in [0.1, 0.15) is 5.82 Å². The van der Waals surface area contributed by atoms with E-state index in [4.69, 9.17) is 0 Å². The summed E-state index contributed by atoms with van der Waals surface area (Å²) in [5.41, 5.74) is -0.175. The van der Waals surface area contributed by atoms with Crippen LogP contribution in [0.3, 0.4) is 0 Å². The maximum absolute atomic E-state index is 11.9. The SMILES string of the molecule is Cc1nc(N=Nc2c(O)c3ccccc3[nH]c2=O)n[nH]1. The summed E-state index contributed by atoms with van der Waals surface area (Å²) in [7, 11) is 0. The number of aromatic amines is 2. The number of aromatic hydroxyl groups is 1. The van der Waals surface area contributed by atoms with Crippen molar-refractivity contribution in [2.75, 3.05) is 0 Å². The highest BCUT2D eigenvalue weighted by atomic mass is 16.3. The summed E-state index contributed by atoms with van der Waals surface area (Å²) in [5, 5.41) is 24.4. The molecule has 0 atom stereocenters. The number of azo groups is 1. The number of benzene rings is 1. The van der Waals surface area contributed by atoms with Crippen molar-refractivity contribution in [2.45, 2.75) is 6.92 Å². The molecule has 0 bridgehead atoms. The van der Waals surface area contributed by atoms with Gasteiger partial charge in [-0.1, -0.05) is 12.1 Å². The van der Waals surface area contributed by atoms with Crippen LogP contribution in [0, 0.1) is 6.92 Å². The van der Waals surface area contributed by atoms with E-state index >= 15 is 0 Å². The zero-order valence-corrected chi connectivity index (χ0v) is 10.5. The maximum atomic E-state index is 11.9. The fraction of sp³-hybridized carbons (Fsp3) is 0.0833. The summed E-state index contributed by atoms with van der Waals surface area (Å²) in [6.07, 6.45) is 0. The van der Waals surface area contributed by atoms with E-state index in [9.17, 15) is 9.90 Å². The lowest BCUT2D eigenvalue weighted by atomic mass is 10.2. The third-order valence-corrected chi connectivity index (χ3v) is 2.69. The van der Waals surface area contributed by atoms with Gasteiger partial charge in [-0.3, -0.25) is 9.89 Å². The Balaban J connectivity index is 2.12. The molecule has 3 N–H and O–H groups in total. The number of fused-ring (bicyclic) bond motifs is 1. The smallest absolute Gasteiger partial charge is 0.287 e. The van der Waals surface area contributed by atoms with Crippen molar-refractivity contribution < 1.29 is 5.11 Å². The highest BCUT2D eigenvalue weighted by molar-refractivity contribution is 5.88. The van der Waals surface area contributed by atoms with E-state index in [0.29, 0.717) is 16.7 Å². The van der Waals surface area contributed by atoms with Gasteiger partial charge in [-0.25, -0.2) is 0 Å². The first-order valence-corrected chi connectivity index (χ1v) is 5.80. The molecule has 0 aliphatic heterocycles. The number of para-hydroxylation sites is 1. The molecule has 1 aromatic carbocycles. The van der Waals surface area contributed by atoms with Gasteiger partial charge in [-0.2, -0.15) is 4.98 Å². The largest absolute Gasteiger partial charge is 0.505 e. The average molecular weight is 270 g/mol. The number of aryl methyl sites for hydroxylation is 1. The van der Waals surface area contributed by atoms with E-state index in [1.54, 1.807) is 31.2 Å². The van der Waals surface area contributed by atoms with Gasteiger partial charge in [0, 0.05) is 5.39 Å². The Hall–Kier alpha value is -3.03. The van der Waals surface area contributed by atoms with Gasteiger partial charge in [-0.15, -0.1) is 15.3 Å². The van der Waals surface area contributed by atoms with Gasteiger partial charge in [0.1, 0.15) is 5.82 Å². The minimum atomic E-state index is -0.530. The molecule has 0 fully saturated rings. The molecule has 20 heavy (non-hydrogen) atoms. The molecule has 0 unspecified atom stereocenters. The highest BCUT2D eigenvalue weighted by Gasteiger charge is 2.11. The Morgan fingerprint density at radius 2 is 2.05 bits per heavy atom. The second-order valence-corrected chi connectivity index (χ2v) is 4.12. The number of hydrogen-bond acceptors (Lipinski definition) is 6. The lowest BCUT2D eigenvalue weighted by molar-refractivity contribution is 0.481. The molecule has 0 amide bonds. The molecule has 8 nitrogen and oxygen atoms in total. The number of H-pyrrole nitrogens is 2. The molecule has 3 aromatic rings. The lowest BCUT2D eigenvalue weighted by Crippen LogP contribution is -2.04. The van der Waals surface area contributed by atoms with Crippen LogP contribution in [-0.4, -0.2) is 25.3 Å². The molecule has 3 rings (SSSR count). The van der Waals surface area contributed by atoms with E-state index in [1.165, 1.54) is 0 Å². The van der Waals surface area contributed by atoms with Gasteiger partial charge < -0.3 is 10.1 Å². The first-order valence-electron chi connectivity index (χ1n) is 5.80. The topological polar surface area (TPSA) is 119 Å². The maximum Gasteiger partial charge on any atom is 0.287 e. The number of nitrogens with zero attached hydrogens (tertiary/aromatic N) is 4. The summed E-state index contributed by atoms with van der Waals surface area (Å²) >= 11 is 0. The lowest BCUT2D eigenvalue weighted by Gasteiger charge is -2.02. The van der Waals surface area contributed by atoms with E-state index in [0.717, 1.165) is 0 Å². The van der Waals surface area contributed by atoms with Crippen molar-refractivity contribution >= 4 is 22.5 Å². The second kappa shape index (κ2) is 4.57. The molecule has 2 aromatic heterocycles. The summed E-state index contributed by atoms with van der Waals surface area (Å²) in [4.78, 5) is 18.4. The third-order valence-electron chi connectivity index (χ3n) is 2.69. The summed E-state index contributed by atoms with van der Waals surface area (Å²) in [6.45, 7) is 1.71. The van der Waals surface area contributed by atoms with Crippen LogP contribution in [0.2, 0.25) is 0 Å². The zero-order valence-electron chi connectivity index (χ0n) is 10.5. The summed E-state index contributed by atoms with van der Waals surface area (Å²) in [6, 6.07) is 6.88. The van der Waals surface area contributed by atoms with E-state index in [1.807, 2.05) is 0 Å². The first-order chi connectivity index (χ1) is 9.65. The van der Waals surface area contributed by atoms with E-state index in [2.05, 4.69) is 30.4 Å². The predicted octanol–water partition coefficient (Wildman–Crippen LogP) is 2.08. The number of pyridine rings is 1. The molecule has 0 spiro atoms. The van der Waals surface area contributed by atoms with Crippen molar-refractivity contribution in [3.05, 3.63) is 40.4 Å². The predicted molar refractivity (Wildman–Crippen MR) is 71.5 cm³/mol. The molecule has 0 saturated heterocycles. The fourth-order valence-electron chi connectivity index (χ4n) is 1.78. The Labute approximate surface area is 112 Å². The quantitative estimate of drug-likeness (QED) is 0.617. The molecule has 0 aliphatic rings. The molecule has 0 radical (unpaired) electrons. The molecule has 0 saturated carbocycles. The molecule has 0 aliphatic carbocycles. The number of nitrogens with one attached hydrogen (secondary N) is 2. The van der Waals surface area contributed by atoms with Crippen LogP contribution >= 0.6 is 0 Å². The fourth-order valence-corrected chi connectivity index (χ4v) is 1.78. The molecule has 2 heterocycles. The summed E-state index contributed by atoms with van der Waals surface area (Å²) < 4.78 is 0. The molecule has 100 valence electrons. The molecular formula is C12H10N6O2. The number of hydrogen-bond donors (Lipinski definition) is 3. The van der Waals surface area contributed by atoms with Gasteiger partial charge in [0.15, 0.2) is 11.4 Å². The van der Waals surface area contributed by atoms with Gasteiger partial charge in [-0.05, 0) is 19.1 Å². The van der Waals surface area contributed by atoms with Gasteiger partial charge in [0.25, 0.3) is 11.5 Å². The van der Waals surface area contributed by atoms with Crippen LogP contribution in [0.15, 0.2) is 39.3 Å². The zero-order chi connectivity index (χ0) is 14.1. The van der Waals surface area contributed by atoms with Crippen molar-refractivity contribution in [3.63, 3.8) is 0 Å². The Bertz CT molecular complexity index is 864. The minimum Gasteiger partial charge on any atom is -0.505 e.